The molecule has 0 unspecified atom stereocenters. The van der Waals surface area contributed by atoms with Crippen LogP contribution in [0, 0.1) is 0 Å². The fourth-order valence-corrected chi connectivity index (χ4v) is 2.11. The third-order valence-corrected chi connectivity index (χ3v) is 2.98. The minimum Gasteiger partial charge on any atom is -0.493 e. The Morgan fingerprint density at radius 1 is 1.05 bits per heavy atom. The maximum atomic E-state index is 5.89. The van der Waals surface area contributed by atoms with Gasteiger partial charge in [-0.2, -0.15) is 0 Å². The molecule has 0 radical (unpaired) electrons. The van der Waals surface area contributed by atoms with Gasteiger partial charge in [-0.15, -0.1) is 0 Å². The van der Waals surface area contributed by atoms with Gasteiger partial charge in [0.25, 0.3) is 0 Å². The Kier molecular flexibility index (Phi) is 4.52. The van der Waals surface area contributed by atoms with E-state index in [-0.39, 0.29) is 0 Å². The summed E-state index contributed by atoms with van der Waals surface area (Å²) >= 11 is 0. The number of pyridine rings is 1. The molecule has 3 N–H and O–H groups in total. The highest BCUT2D eigenvalue weighted by Gasteiger charge is 2.09. The molecule has 112 valence electrons. The molecule has 0 bridgehead atoms. The highest BCUT2D eigenvalue weighted by atomic mass is 16.5. The lowest BCUT2D eigenvalue weighted by atomic mass is 10.1. The summed E-state index contributed by atoms with van der Waals surface area (Å²) in [4.78, 5) is 4.38. The van der Waals surface area contributed by atoms with Gasteiger partial charge in [-0.05, 0) is 38.1 Å². The second-order valence-corrected chi connectivity index (χ2v) is 5.03. The number of methoxy groups -OCH3 is 2. The third kappa shape index (κ3) is 3.56. The molecule has 1 aromatic carbocycles. The largest absolute Gasteiger partial charge is 0.493 e. The number of nitrogens with zero attached hydrogens (tertiary/aromatic N) is 1. The van der Waals surface area contributed by atoms with Crippen molar-refractivity contribution in [3.63, 3.8) is 0 Å². The summed E-state index contributed by atoms with van der Waals surface area (Å²) in [5.41, 5.74) is 8.55. The van der Waals surface area contributed by atoms with Crippen molar-refractivity contribution in [3.8, 4) is 22.8 Å². The molecule has 1 heterocycles. The van der Waals surface area contributed by atoms with Gasteiger partial charge in [-0.25, -0.2) is 4.98 Å². The number of aromatic nitrogens is 1. The Morgan fingerprint density at radius 3 is 2.38 bits per heavy atom. The van der Waals surface area contributed by atoms with E-state index in [4.69, 9.17) is 15.2 Å². The Bertz CT molecular complexity index is 627. The van der Waals surface area contributed by atoms with Crippen molar-refractivity contribution in [2.24, 2.45) is 0 Å². The van der Waals surface area contributed by atoms with Crippen LogP contribution in [0.5, 0.6) is 11.5 Å². The van der Waals surface area contributed by atoms with Crippen molar-refractivity contribution in [1.29, 1.82) is 0 Å². The molecular weight excluding hydrogens is 266 g/mol. The second-order valence-electron chi connectivity index (χ2n) is 5.03. The minimum atomic E-state index is 0.324. The van der Waals surface area contributed by atoms with Crippen molar-refractivity contribution in [2.45, 2.75) is 19.9 Å². The molecule has 0 fully saturated rings. The van der Waals surface area contributed by atoms with Crippen LogP contribution in [-0.4, -0.2) is 25.2 Å². The Balaban J connectivity index is 2.43. The number of nitrogens with two attached hydrogens (primary N) is 1. The number of hydrogen-bond donors (Lipinski definition) is 2. The van der Waals surface area contributed by atoms with Gasteiger partial charge in [0, 0.05) is 23.4 Å². The number of nitrogen functional groups attached to an aromatic ring is 1. The molecule has 0 spiro atoms. The van der Waals surface area contributed by atoms with Gasteiger partial charge < -0.3 is 20.5 Å². The number of ether oxygens (including phenoxy) is 2. The lowest BCUT2D eigenvalue weighted by Gasteiger charge is -2.13. The predicted molar refractivity (Wildman–Crippen MR) is 85.9 cm³/mol. The van der Waals surface area contributed by atoms with Crippen molar-refractivity contribution in [2.75, 3.05) is 25.3 Å². The molecule has 2 rings (SSSR count). The number of rotatable bonds is 5. The summed E-state index contributed by atoms with van der Waals surface area (Å²) in [7, 11) is 3.22. The van der Waals surface area contributed by atoms with E-state index in [0.717, 1.165) is 16.9 Å². The molecule has 0 amide bonds. The average Bonchev–Trinajstić information content (AvgIpc) is 2.45. The van der Waals surface area contributed by atoms with Crippen molar-refractivity contribution in [1.82, 2.24) is 4.98 Å². The quantitative estimate of drug-likeness (QED) is 0.884. The summed E-state index contributed by atoms with van der Waals surface area (Å²) < 4.78 is 10.6. The zero-order chi connectivity index (χ0) is 15.4. The molecule has 0 atom stereocenters. The van der Waals surface area contributed by atoms with Gasteiger partial charge in [-0.3, -0.25) is 0 Å². The van der Waals surface area contributed by atoms with E-state index in [1.165, 1.54) is 0 Å². The topological polar surface area (TPSA) is 69.4 Å². The number of benzene rings is 1. The Morgan fingerprint density at radius 2 is 1.76 bits per heavy atom. The molecule has 1 aromatic heterocycles. The van der Waals surface area contributed by atoms with E-state index >= 15 is 0 Å². The van der Waals surface area contributed by atoms with Crippen LogP contribution < -0.4 is 20.5 Å². The fourth-order valence-electron chi connectivity index (χ4n) is 2.11. The van der Waals surface area contributed by atoms with Gasteiger partial charge in [0.15, 0.2) is 11.5 Å². The van der Waals surface area contributed by atoms with E-state index in [9.17, 15) is 0 Å². The molecule has 0 aliphatic heterocycles. The standard InChI is InChI=1S/C16H21N3O2/c1-10(2)18-12-8-13(19-16(17)9-12)11-5-6-14(20-3)15(7-11)21-4/h5-10H,1-4H3,(H3,17,18,19). The first-order chi connectivity index (χ1) is 10.0. The molecule has 21 heavy (non-hydrogen) atoms. The number of anilines is 2. The van der Waals surface area contributed by atoms with Crippen molar-refractivity contribution in [3.05, 3.63) is 30.3 Å². The maximum Gasteiger partial charge on any atom is 0.161 e. The molecule has 5 nitrogen and oxygen atoms in total. The highest BCUT2D eigenvalue weighted by molar-refractivity contribution is 5.69. The number of hydrogen-bond acceptors (Lipinski definition) is 5. The lowest BCUT2D eigenvalue weighted by Crippen LogP contribution is -2.10. The molecular formula is C16H21N3O2. The van der Waals surface area contributed by atoms with Gasteiger partial charge in [-0.1, -0.05) is 0 Å². The molecule has 0 saturated carbocycles. The molecule has 5 heteroatoms. The smallest absolute Gasteiger partial charge is 0.161 e. The summed E-state index contributed by atoms with van der Waals surface area (Å²) in [6.45, 7) is 4.15. The van der Waals surface area contributed by atoms with E-state index in [1.54, 1.807) is 14.2 Å². The van der Waals surface area contributed by atoms with Crippen molar-refractivity contribution >= 4 is 11.5 Å². The monoisotopic (exact) mass is 287 g/mol. The zero-order valence-corrected chi connectivity index (χ0v) is 12.8. The normalized spacial score (nSPS) is 10.5. The molecule has 0 saturated heterocycles. The van der Waals surface area contributed by atoms with Crippen LogP contribution in [0.1, 0.15) is 13.8 Å². The molecule has 2 aromatic rings. The van der Waals surface area contributed by atoms with Crippen LogP contribution in [0.4, 0.5) is 11.5 Å². The zero-order valence-electron chi connectivity index (χ0n) is 12.8. The van der Waals surface area contributed by atoms with E-state index in [1.807, 2.05) is 30.3 Å². The van der Waals surface area contributed by atoms with Gasteiger partial charge in [0.2, 0.25) is 0 Å². The molecule has 0 aliphatic carbocycles. The van der Waals surface area contributed by atoms with E-state index < -0.39 is 0 Å². The Labute approximate surface area is 125 Å². The van der Waals surface area contributed by atoms with Crippen LogP contribution in [0.25, 0.3) is 11.3 Å². The third-order valence-electron chi connectivity index (χ3n) is 2.98. The van der Waals surface area contributed by atoms with Crippen LogP contribution in [-0.2, 0) is 0 Å². The first-order valence-electron chi connectivity index (χ1n) is 6.80. The SMILES string of the molecule is COc1ccc(-c2cc(NC(C)C)cc(N)n2)cc1OC. The molecule has 0 aliphatic rings. The van der Waals surface area contributed by atoms with E-state index in [0.29, 0.717) is 23.4 Å². The lowest BCUT2D eigenvalue weighted by molar-refractivity contribution is 0.355. The van der Waals surface area contributed by atoms with Crippen LogP contribution >= 0.6 is 0 Å². The maximum absolute atomic E-state index is 5.89. The van der Waals surface area contributed by atoms with Gasteiger partial charge in [0.1, 0.15) is 5.82 Å². The Hall–Kier alpha value is -2.43. The summed E-state index contributed by atoms with van der Waals surface area (Å²) in [5, 5.41) is 3.33. The average molecular weight is 287 g/mol. The number of nitrogens with one attached hydrogen (secondary N) is 1. The van der Waals surface area contributed by atoms with E-state index in [2.05, 4.69) is 24.1 Å². The summed E-state index contributed by atoms with van der Waals surface area (Å²) in [5.74, 6) is 1.83. The first kappa shape index (κ1) is 15.0. The van der Waals surface area contributed by atoms with Gasteiger partial charge in [0.05, 0.1) is 19.9 Å². The summed E-state index contributed by atoms with van der Waals surface area (Å²) in [6, 6.07) is 9.79. The summed E-state index contributed by atoms with van der Waals surface area (Å²) in [6.07, 6.45) is 0. The predicted octanol–water partition coefficient (Wildman–Crippen LogP) is 3.17. The van der Waals surface area contributed by atoms with Crippen LogP contribution in [0.2, 0.25) is 0 Å². The van der Waals surface area contributed by atoms with Crippen LogP contribution in [0.3, 0.4) is 0 Å². The van der Waals surface area contributed by atoms with Gasteiger partial charge >= 0.3 is 0 Å². The minimum absolute atomic E-state index is 0.324. The fraction of sp³-hybridized carbons (Fsp3) is 0.312. The van der Waals surface area contributed by atoms with Crippen LogP contribution in [0.15, 0.2) is 30.3 Å². The highest BCUT2D eigenvalue weighted by Crippen LogP contribution is 2.32. The van der Waals surface area contributed by atoms with Crippen molar-refractivity contribution < 1.29 is 9.47 Å². The second kappa shape index (κ2) is 6.35. The first-order valence-corrected chi connectivity index (χ1v) is 6.80.